The van der Waals surface area contributed by atoms with Crippen molar-refractivity contribution in [2.24, 2.45) is 18.4 Å². The SMILES string of the molecule is CNC(CC(C)CC(C)(C)C)c1cnnn1C. The Labute approximate surface area is 105 Å². The molecule has 1 aromatic rings. The van der Waals surface area contributed by atoms with Crippen molar-refractivity contribution in [1.82, 2.24) is 20.3 Å². The van der Waals surface area contributed by atoms with E-state index < -0.39 is 0 Å². The molecule has 1 N–H and O–H groups in total. The van der Waals surface area contributed by atoms with E-state index >= 15 is 0 Å². The van der Waals surface area contributed by atoms with Crippen LogP contribution in [0.4, 0.5) is 0 Å². The molecule has 0 aliphatic heterocycles. The van der Waals surface area contributed by atoms with E-state index in [-0.39, 0.29) is 0 Å². The lowest BCUT2D eigenvalue weighted by Gasteiger charge is -2.26. The molecular weight excluding hydrogens is 212 g/mol. The van der Waals surface area contributed by atoms with Crippen molar-refractivity contribution in [3.63, 3.8) is 0 Å². The molecule has 0 saturated carbocycles. The summed E-state index contributed by atoms with van der Waals surface area (Å²) in [6.07, 6.45) is 4.20. The molecule has 2 unspecified atom stereocenters. The zero-order chi connectivity index (χ0) is 13.1. The number of hydrogen-bond acceptors (Lipinski definition) is 3. The molecule has 1 heterocycles. The van der Waals surface area contributed by atoms with Gasteiger partial charge < -0.3 is 5.32 Å². The van der Waals surface area contributed by atoms with Gasteiger partial charge in [-0.2, -0.15) is 0 Å². The predicted octanol–water partition coefficient (Wildman–Crippen LogP) is 2.54. The largest absolute Gasteiger partial charge is 0.312 e. The van der Waals surface area contributed by atoms with E-state index in [0.29, 0.717) is 17.4 Å². The zero-order valence-electron chi connectivity index (χ0n) is 12.0. The molecule has 4 nitrogen and oxygen atoms in total. The van der Waals surface area contributed by atoms with Gasteiger partial charge in [0.2, 0.25) is 0 Å². The van der Waals surface area contributed by atoms with Crippen molar-refractivity contribution in [2.45, 2.75) is 46.6 Å². The molecule has 0 fully saturated rings. The molecule has 0 aliphatic carbocycles. The molecule has 0 amide bonds. The molecule has 0 radical (unpaired) electrons. The van der Waals surface area contributed by atoms with Gasteiger partial charge in [-0.1, -0.05) is 32.9 Å². The first-order chi connectivity index (χ1) is 7.83. The Morgan fingerprint density at radius 1 is 1.41 bits per heavy atom. The average molecular weight is 238 g/mol. The fourth-order valence-corrected chi connectivity index (χ4v) is 2.53. The predicted molar refractivity (Wildman–Crippen MR) is 70.7 cm³/mol. The van der Waals surface area contributed by atoms with E-state index in [0.717, 1.165) is 12.1 Å². The van der Waals surface area contributed by atoms with Crippen molar-refractivity contribution < 1.29 is 0 Å². The maximum absolute atomic E-state index is 3.99. The highest BCUT2D eigenvalue weighted by Crippen LogP contribution is 2.29. The average Bonchev–Trinajstić information content (AvgIpc) is 2.58. The summed E-state index contributed by atoms with van der Waals surface area (Å²) in [4.78, 5) is 0. The van der Waals surface area contributed by atoms with Crippen molar-refractivity contribution in [3.05, 3.63) is 11.9 Å². The normalized spacial score (nSPS) is 15.9. The first kappa shape index (κ1) is 14.2. The molecule has 1 aromatic heterocycles. The molecule has 0 bridgehead atoms. The second kappa shape index (κ2) is 5.63. The summed E-state index contributed by atoms with van der Waals surface area (Å²) in [6.45, 7) is 9.20. The van der Waals surface area contributed by atoms with Crippen LogP contribution in [-0.4, -0.2) is 22.0 Å². The molecular formula is C13H26N4. The molecule has 0 aliphatic rings. The van der Waals surface area contributed by atoms with Crippen molar-refractivity contribution in [3.8, 4) is 0 Å². The number of aryl methyl sites for hydroxylation is 1. The van der Waals surface area contributed by atoms with Crippen LogP contribution in [0.2, 0.25) is 0 Å². The lowest BCUT2D eigenvalue weighted by molar-refractivity contribution is 0.276. The van der Waals surface area contributed by atoms with Gasteiger partial charge in [-0.15, -0.1) is 5.10 Å². The van der Waals surface area contributed by atoms with Gasteiger partial charge in [-0.05, 0) is 31.2 Å². The summed E-state index contributed by atoms with van der Waals surface area (Å²) in [7, 11) is 3.95. The van der Waals surface area contributed by atoms with Crippen LogP contribution in [0.5, 0.6) is 0 Å². The molecule has 17 heavy (non-hydrogen) atoms. The van der Waals surface area contributed by atoms with E-state index in [1.807, 2.05) is 25.0 Å². The lowest BCUT2D eigenvalue weighted by atomic mass is 9.82. The van der Waals surface area contributed by atoms with Gasteiger partial charge in [0.05, 0.1) is 17.9 Å². The standard InChI is InChI=1S/C13H26N4/c1-10(8-13(2,3)4)7-11(14-5)12-9-15-16-17(12)6/h9-11,14H,7-8H2,1-6H3. The van der Waals surface area contributed by atoms with Crippen LogP contribution < -0.4 is 5.32 Å². The summed E-state index contributed by atoms with van der Waals surface area (Å²) in [6, 6.07) is 0.340. The number of nitrogens with zero attached hydrogens (tertiary/aromatic N) is 3. The Bertz CT molecular complexity index is 337. The van der Waals surface area contributed by atoms with E-state index in [1.54, 1.807) is 0 Å². The summed E-state index contributed by atoms with van der Waals surface area (Å²) in [5.74, 6) is 0.683. The zero-order valence-corrected chi connectivity index (χ0v) is 12.0. The van der Waals surface area contributed by atoms with Gasteiger partial charge in [0.15, 0.2) is 0 Å². The summed E-state index contributed by atoms with van der Waals surface area (Å²) >= 11 is 0. The van der Waals surface area contributed by atoms with Crippen LogP contribution >= 0.6 is 0 Å². The van der Waals surface area contributed by atoms with E-state index in [4.69, 9.17) is 0 Å². The Morgan fingerprint density at radius 3 is 2.47 bits per heavy atom. The topological polar surface area (TPSA) is 42.7 Å². The van der Waals surface area contributed by atoms with Crippen LogP contribution in [0, 0.1) is 11.3 Å². The van der Waals surface area contributed by atoms with E-state index in [2.05, 4.69) is 43.3 Å². The van der Waals surface area contributed by atoms with Gasteiger partial charge in [0.25, 0.3) is 0 Å². The summed E-state index contributed by atoms with van der Waals surface area (Å²) < 4.78 is 1.85. The van der Waals surface area contributed by atoms with Crippen molar-refractivity contribution in [1.29, 1.82) is 0 Å². The first-order valence-corrected chi connectivity index (χ1v) is 6.35. The van der Waals surface area contributed by atoms with Gasteiger partial charge in [-0.25, -0.2) is 0 Å². The van der Waals surface area contributed by atoms with Crippen LogP contribution in [-0.2, 0) is 7.05 Å². The van der Waals surface area contributed by atoms with Crippen LogP contribution in [0.15, 0.2) is 6.20 Å². The van der Waals surface area contributed by atoms with Crippen LogP contribution in [0.1, 0.15) is 52.3 Å². The van der Waals surface area contributed by atoms with Gasteiger partial charge in [-0.3, -0.25) is 4.68 Å². The van der Waals surface area contributed by atoms with Gasteiger partial charge in [0, 0.05) is 7.05 Å². The van der Waals surface area contributed by atoms with E-state index in [1.165, 1.54) is 6.42 Å². The molecule has 0 spiro atoms. The number of aromatic nitrogens is 3. The number of nitrogens with one attached hydrogen (secondary N) is 1. The minimum Gasteiger partial charge on any atom is -0.312 e. The lowest BCUT2D eigenvalue weighted by Crippen LogP contribution is -2.23. The third-order valence-corrected chi connectivity index (χ3v) is 3.05. The smallest absolute Gasteiger partial charge is 0.0753 e. The second-order valence-electron chi connectivity index (χ2n) is 6.23. The highest BCUT2D eigenvalue weighted by molar-refractivity contribution is 5.01. The highest BCUT2D eigenvalue weighted by atomic mass is 15.4. The monoisotopic (exact) mass is 238 g/mol. The van der Waals surface area contributed by atoms with Crippen molar-refractivity contribution >= 4 is 0 Å². The molecule has 98 valence electrons. The molecule has 2 atom stereocenters. The minimum atomic E-state index is 0.340. The third-order valence-electron chi connectivity index (χ3n) is 3.05. The molecule has 4 heteroatoms. The number of rotatable bonds is 5. The maximum Gasteiger partial charge on any atom is 0.0753 e. The van der Waals surface area contributed by atoms with Gasteiger partial charge in [0.1, 0.15) is 0 Å². The minimum absolute atomic E-state index is 0.340. The van der Waals surface area contributed by atoms with Crippen LogP contribution in [0.3, 0.4) is 0 Å². The first-order valence-electron chi connectivity index (χ1n) is 6.35. The van der Waals surface area contributed by atoms with Crippen LogP contribution in [0.25, 0.3) is 0 Å². The Morgan fingerprint density at radius 2 is 2.06 bits per heavy atom. The summed E-state index contributed by atoms with van der Waals surface area (Å²) in [5.41, 5.74) is 1.55. The van der Waals surface area contributed by atoms with Crippen molar-refractivity contribution in [2.75, 3.05) is 7.05 Å². The maximum atomic E-state index is 3.99. The third kappa shape index (κ3) is 4.46. The number of hydrogen-bond donors (Lipinski definition) is 1. The quantitative estimate of drug-likeness (QED) is 0.857. The Hall–Kier alpha value is -0.900. The van der Waals surface area contributed by atoms with E-state index in [9.17, 15) is 0 Å². The molecule has 1 rings (SSSR count). The summed E-state index contributed by atoms with van der Waals surface area (Å²) in [5, 5.41) is 11.3. The Balaban J connectivity index is 2.62. The molecule has 0 saturated heterocycles. The molecule has 0 aromatic carbocycles. The highest BCUT2D eigenvalue weighted by Gasteiger charge is 2.21. The fraction of sp³-hybridized carbons (Fsp3) is 0.846. The van der Waals surface area contributed by atoms with Gasteiger partial charge >= 0.3 is 0 Å². The fourth-order valence-electron chi connectivity index (χ4n) is 2.53. The second-order valence-corrected chi connectivity index (χ2v) is 6.23. The Kier molecular flexibility index (Phi) is 4.69.